The highest BCUT2D eigenvalue weighted by molar-refractivity contribution is 5.73. The third kappa shape index (κ3) is 4.19. The first-order valence-corrected chi connectivity index (χ1v) is 8.05. The first-order valence-electron chi connectivity index (χ1n) is 8.05. The fourth-order valence-corrected chi connectivity index (χ4v) is 3.17. The molecule has 0 bridgehead atoms. The number of aromatic nitrogens is 3. The lowest BCUT2D eigenvalue weighted by Crippen LogP contribution is -2.35. The fourth-order valence-electron chi connectivity index (χ4n) is 3.17. The standard InChI is InChI=1S/C16H23N5O2/c1-20-10-13(8-18-20)15-7-14(23-19-15)11-21-6-2-3-12(9-21)4-5-16(17)22/h7-8,10,12H,2-6,9,11H2,1H3,(H2,17,22)/t12-/m1/s1. The molecule has 2 N–H and O–H groups in total. The highest BCUT2D eigenvalue weighted by atomic mass is 16.5. The molecule has 2 aromatic rings. The second-order valence-corrected chi connectivity index (χ2v) is 6.33. The fraction of sp³-hybridized carbons (Fsp3) is 0.562. The molecule has 1 aliphatic rings. The first-order chi connectivity index (χ1) is 11.1. The summed E-state index contributed by atoms with van der Waals surface area (Å²) in [5.74, 6) is 1.19. The number of carbonyl (C=O) groups is 1. The van der Waals surface area contributed by atoms with Gasteiger partial charge < -0.3 is 10.3 Å². The minimum Gasteiger partial charge on any atom is -0.370 e. The first kappa shape index (κ1) is 15.7. The van der Waals surface area contributed by atoms with E-state index >= 15 is 0 Å². The molecular formula is C16H23N5O2. The zero-order valence-electron chi connectivity index (χ0n) is 13.4. The SMILES string of the molecule is Cn1cc(-c2cc(CN3CCC[C@H](CCC(N)=O)C3)on2)cn1. The van der Waals surface area contributed by atoms with Gasteiger partial charge in [0.25, 0.3) is 0 Å². The van der Waals surface area contributed by atoms with E-state index in [1.165, 1.54) is 6.42 Å². The molecular weight excluding hydrogens is 294 g/mol. The van der Waals surface area contributed by atoms with Crippen molar-refractivity contribution in [1.29, 1.82) is 0 Å². The van der Waals surface area contributed by atoms with Crippen molar-refractivity contribution in [3.8, 4) is 11.3 Å². The Morgan fingerprint density at radius 3 is 3.13 bits per heavy atom. The molecule has 0 saturated carbocycles. The molecule has 1 aliphatic heterocycles. The number of aryl methyl sites for hydroxylation is 1. The molecule has 1 saturated heterocycles. The molecule has 3 rings (SSSR count). The molecule has 7 nitrogen and oxygen atoms in total. The van der Waals surface area contributed by atoms with Crippen molar-refractivity contribution < 1.29 is 9.32 Å². The number of hydrogen-bond acceptors (Lipinski definition) is 5. The maximum absolute atomic E-state index is 10.9. The van der Waals surface area contributed by atoms with Crippen LogP contribution in [0.25, 0.3) is 11.3 Å². The van der Waals surface area contributed by atoms with Gasteiger partial charge in [-0.2, -0.15) is 5.10 Å². The predicted octanol–water partition coefficient (Wildman–Crippen LogP) is 1.55. The molecule has 1 atom stereocenters. The summed E-state index contributed by atoms with van der Waals surface area (Å²) in [5.41, 5.74) is 7.02. The molecule has 1 fully saturated rings. The lowest BCUT2D eigenvalue weighted by atomic mass is 9.93. The van der Waals surface area contributed by atoms with Gasteiger partial charge in [0, 0.05) is 37.8 Å². The summed E-state index contributed by atoms with van der Waals surface area (Å²) in [6.45, 7) is 2.78. The van der Waals surface area contributed by atoms with Gasteiger partial charge in [-0.1, -0.05) is 5.16 Å². The summed E-state index contributed by atoms with van der Waals surface area (Å²) in [7, 11) is 1.88. The van der Waals surface area contributed by atoms with Gasteiger partial charge >= 0.3 is 0 Å². The minimum absolute atomic E-state index is 0.210. The maximum Gasteiger partial charge on any atom is 0.217 e. The van der Waals surface area contributed by atoms with E-state index in [0.29, 0.717) is 12.3 Å². The van der Waals surface area contributed by atoms with E-state index in [1.807, 2.05) is 19.3 Å². The number of hydrogen-bond donors (Lipinski definition) is 1. The highest BCUT2D eigenvalue weighted by Crippen LogP contribution is 2.24. The van der Waals surface area contributed by atoms with Crippen LogP contribution in [0, 0.1) is 5.92 Å². The largest absolute Gasteiger partial charge is 0.370 e. The number of carbonyl (C=O) groups excluding carboxylic acids is 1. The van der Waals surface area contributed by atoms with Gasteiger partial charge in [-0.15, -0.1) is 0 Å². The van der Waals surface area contributed by atoms with Crippen LogP contribution in [-0.4, -0.2) is 38.8 Å². The lowest BCUT2D eigenvalue weighted by Gasteiger charge is -2.31. The van der Waals surface area contributed by atoms with Crippen molar-refractivity contribution in [3.63, 3.8) is 0 Å². The Morgan fingerprint density at radius 1 is 1.52 bits per heavy atom. The number of likely N-dealkylation sites (tertiary alicyclic amines) is 1. The van der Waals surface area contributed by atoms with Crippen LogP contribution in [0.1, 0.15) is 31.4 Å². The Kier molecular flexibility index (Phi) is 4.76. The third-order valence-electron chi connectivity index (χ3n) is 4.34. The molecule has 2 aromatic heterocycles. The topological polar surface area (TPSA) is 90.2 Å². The Bertz CT molecular complexity index is 663. The van der Waals surface area contributed by atoms with E-state index in [9.17, 15) is 4.79 Å². The van der Waals surface area contributed by atoms with Crippen LogP contribution in [0.4, 0.5) is 0 Å². The normalized spacial score (nSPS) is 19.1. The number of piperidine rings is 1. The Morgan fingerprint density at radius 2 is 2.39 bits per heavy atom. The number of nitrogens with two attached hydrogens (primary N) is 1. The van der Waals surface area contributed by atoms with Gasteiger partial charge in [-0.05, 0) is 31.7 Å². The van der Waals surface area contributed by atoms with Crippen molar-refractivity contribution in [3.05, 3.63) is 24.2 Å². The molecule has 0 aliphatic carbocycles. The van der Waals surface area contributed by atoms with E-state index in [0.717, 1.165) is 49.5 Å². The third-order valence-corrected chi connectivity index (χ3v) is 4.34. The van der Waals surface area contributed by atoms with Crippen molar-refractivity contribution in [2.75, 3.05) is 13.1 Å². The van der Waals surface area contributed by atoms with Gasteiger partial charge in [0.15, 0.2) is 5.76 Å². The number of nitrogens with zero attached hydrogens (tertiary/aromatic N) is 4. The van der Waals surface area contributed by atoms with E-state index in [2.05, 4.69) is 15.2 Å². The predicted molar refractivity (Wildman–Crippen MR) is 85.1 cm³/mol. The molecule has 0 aromatic carbocycles. The van der Waals surface area contributed by atoms with Gasteiger partial charge in [0.2, 0.25) is 5.91 Å². The summed E-state index contributed by atoms with van der Waals surface area (Å²) in [5, 5.41) is 8.28. The Labute approximate surface area is 135 Å². The molecule has 0 unspecified atom stereocenters. The average molecular weight is 317 g/mol. The summed E-state index contributed by atoms with van der Waals surface area (Å²) in [4.78, 5) is 13.3. The van der Waals surface area contributed by atoms with Crippen LogP contribution in [0.15, 0.2) is 23.0 Å². The zero-order valence-corrected chi connectivity index (χ0v) is 13.4. The maximum atomic E-state index is 10.9. The van der Waals surface area contributed by atoms with Crippen LogP contribution in [0.3, 0.4) is 0 Å². The summed E-state index contributed by atoms with van der Waals surface area (Å²) in [6.07, 6.45) is 7.37. The van der Waals surface area contributed by atoms with Gasteiger partial charge in [0.05, 0.1) is 12.7 Å². The van der Waals surface area contributed by atoms with E-state index in [4.69, 9.17) is 10.3 Å². The van der Waals surface area contributed by atoms with Gasteiger partial charge in [-0.3, -0.25) is 14.4 Å². The second kappa shape index (κ2) is 6.95. The van der Waals surface area contributed by atoms with E-state index in [1.54, 1.807) is 10.9 Å². The van der Waals surface area contributed by atoms with Crippen molar-refractivity contribution >= 4 is 5.91 Å². The van der Waals surface area contributed by atoms with Gasteiger partial charge in [0.1, 0.15) is 5.69 Å². The summed E-state index contributed by atoms with van der Waals surface area (Å²) < 4.78 is 7.21. The molecule has 124 valence electrons. The van der Waals surface area contributed by atoms with E-state index in [-0.39, 0.29) is 5.91 Å². The van der Waals surface area contributed by atoms with Crippen LogP contribution < -0.4 is 5.73 Å². The minimum atomic E-state index is -0.210. The van der Waals surface area contributed by atoms with Crippen LogP contribution >= 0.6 is 0 Å². The molecule has 0 radical (unpaired) electrons. The zero-order chi connectivity index (χ0) is 16.2. The molecule has 0 spiro atoms. The molecule has 7 heteroatoms. The summed E-state index contributed by atoms with van der Waals surface area (Å²) >= 11 is 0. The van der Waals surface area contributed by atoms with Crippen molar-refractivity contribution in [1.82, 2.24) is 19.8 Å². The highest BCUT2D eigenvalue weighted by Gasteiger charge is 2.21. The number of amides is 1. The van der Waals surface area contributed by atoms with Crippen molar-refractivity contribution in [2.24, 2.45) is 18.7 Å². The molecule has 23 heavy (non-hydrogen) atoms. The van der Waals surface area contributed by atoms with Gasteiger partial charge in [-0.25, -0.2) is 0 Å². The quantitative estimate of drug-likeness (QED) is 0.873. The van der Waals surface area contributed by atoms with Crippen molar-refractivity contribution in [2.45, 2.75) is 32.2 Å². The summed E-state index contributed by atoms with van der Waals surface area (Å²) in [6, 6.07) is 1.98. The monoisotopic (exact) mass is 317 g/mol. The average Bonchev–Trinajstić information content (AvgIpc) is 3.14. The number of rotatable bonds is 6. The Hall–Kier alpha value is -2.15. The smallest absolute Gasteiger partial charge is 0.217 e. The molecule has 1 amide bonds. The van der Waals surface area contributed by atoms with Crippen LogP contribution in [0.2, 0.25) is 0 Å². The Balaban J connectivity index is 1.56. The lowest BCUT2D eigenvalue weighted by molar-refractivity contribution is -0.118. The van der Waals surface area contributed by atoms with E-state index < -0.39 is 0 Å². The number of primary amides is 1. The molecule has 3 heterocycles. The van der Waals surface area contributed by atoms with Crippen LogP contribution in [0.5, 0.6) is 0 Å². The second-order valence-electron chi connectivity index (χ2n) is 6.33. The van der Waals surface area contributed by atoms with Crippen LogP contribution in [-0.2, 0) is 18.4 Å².